The maximum atomic E-state index is 13.1. The molecular weight excluding hydrogens is 272 g/mol. The van der Waals surface area contributed by atoms with Gasteiger partial charge in [0.2, 0.25) is 0 Å². The van der Waals surface area contributed by atoms with Crippen molar-refractivity contribution in [3.63, 3.8) is 0 Å². The molecule has 1 amide bonds. The second-order valence-corrected chi connectivity index (χ2v) is 4.07. The highest BCUT2D eigenvalue weighted by Crippen LogP contribution is 2.15. The van der Waals surface area contributed by atoms with Crippen molar-refractivity contribution < 1.29 is 28.2 Å². The monoisotopic (exact) mass is 287 g/mol. The molecule has 20 heavy (non-hydrogen) atoms. The number of carboxylic acid groups (broad SMARTS) is 1. The van der Waals surface area contributed by atoms with Crippen molar-refractivity contribution in [1.82, 2.24) is 5.32 Å². The lowest BCUT2D eigenvalue weighted by Gasteiger charge is -2.08. The molecule has 1 rings (SSSR count). The van der Waals surface area contributed by atoms with Gasteiger partial charge in [0.1, 0.15) is 0 Å². The van der Waals surface area contributed by atoms with E-state index in [4.69, 9.17) is 9.84 Å². The van der Waals surface area contributed by atoms with Crippen molar-refractivity contribution in [2.45, 2.75) is 12.8 Å². The standard InChI is InChI=1S/C13H15F2NO4/c1-20-5-3-2-4-16-12(17)8-6-10(14)11(15)7-9(8)13(18)19/h6-7H,2-5H2,1H3,(H,16,17)(H,18,19). The summed E-state index contributed by atoms with van der Waals surface area (Å²) in [5.74, 6) is -4.81. The Morgan fingerprint density at radius 1 is 1.20 bits per heavy atom. The first kappa shape index (κ1) is 16.0. The Hall–Kier alpha value is -2.02. The first-order valence-electron chi connectivity index (χ1n) is 5.96. The van der Waals surface area contributed by atoms with Gasteiger partial charge in [-0.3, -0.25) is 4.79 Å². The quantitative estimate of drug-likeness (QED) is 0.750. The third kappa shape index (κ3) is 4.27. The highest BCUT2D eigenvalue weighted by atomic mass is 19.2. The van der Waals surface area contributed by atoms with Gasteiger partial charge in [0.15, 0.2) is 11.6 Å². The number of benzene rings is 1. The van der Waals surface area contributed by atoms with Crippen molar-refractivity contribution >= 4 is 11.9 Å². The van der Waals surface area contributed by atoms with Crippen LogP contribution in [0, 0.1) is 11.6 Å². The Morgan fingerprint density at radius 2 is 1.80 bits per heavy atom. The second-order valence-electron chi connectivity index (χ2n) is 4.07. The first-order valence-corrected chi connectivity index (χ1v) is 5.96. The largest absolute Gasteiger partial charge is 0.478 e. The molecule has 0 saturated carbocycles. The number of hydrogen-bond donors (Lipinski definition) is 2. The van der Waals surface area contributed by atoms with Crippen LogP contribution in [0.5, 0.6) is 0 Å². The molecule has 110 valence electrons. The van der Waals surface area contributed by atoms with Crippen LogP contribution in [-0.2, 0) is 4.74 Å². The van der Waals surface area contributed by atoms with Gasteiger partial charge in [-0.05, 0) is 25.0 Å². The summed E-state index contributed by atoms with van der Waals surface area (Å²) in [5, 5.41) is 11.3. The summed E-state index contributed by atoms with van der Waals surface area (Å²) in [6, 6.07) is 1.08. The number of carboxylic acids is 1. The Kier molecular flexibility index (Phi) is 6.05. The number of carbonyl (C=O) groups excluding carboxylic acids is 1. The van der Waals surface area contributed by atoms with Crippen molar-refractivity contribution in [3.05, 3.63) is 34.9 Å². The van der Waals surface area contributed by atoms with Gasteiger partial charge in [-0.25, -0.2) is 13.6 Å². The van der Waals surface area contributed by atoms with Crippen LogP contribution in [0.1, 0.15) is 33.6 Å². The molecule has 7 heteroatoms. The number of nitrogens with one attached hydrogen (secondary N) is 1. The lowest BCUT2D eigenvalue weighted by molar-refractivity contribution is 0.0690. The summed E-state index contributed by atoms with van der Waals surface area (Å²) < 4.78 is 30.9. The van der Waals surface area contributed by atoms with Gasteiger partial charge in [-0.15, -0.1) is 0 Å². The van der Waals surface area contributed by atoms with E-state index >= 15 is 0 Å². The fourth-order valence-corrected chi connectivity index (χ4v) is 1.58. The third-order valence-electron chi connectivity index (χ3n) is 2.60. The number of carbonyl (C=O) groups is 2. The van der Waals surface area contributed by atoms with Gasteiger partial charge >= 0.3 is 5.97 Å². The zero-order valence-electron chi connectivity index (χ0n) is 10.9. The van der Waals surface area contributed by atoms with Gasteiger partial charge in [-0.2, -0.15) is 0 Å². The zero-order valence-corrected chi connectivity index (χ0v) is 10.9. The van der Waals surface area contributed by atoms with Gasteiger partial charge in [0, 0.05) is 20.3 Å². The number of rotatable bonds is 7. The van der Waals surface area contributed by atoms with Crippen LogP contribution >= 0.6 is 0 Å². The van der Waals surface area contributed by atoms with E-state index in [1.165, 1.54) is 0 Å². The van der Waals surface area contributed by atoms with E-state index in [0.29, 0.717) is 31.7 Å². The minimum atomic E-state index is -1.49. The maximum absolute atomic E-state index is 13.1. The normalized spacial score (nSPS) is 10.3. The van der Waals surface area contributed by atoms with Gasteiger partial charge < -0.3 is 15.2 Å². The van der Waals surface area contributed by atoms with E-state index in [0.717, 1.165) is 6.42 Å². The van der Waals surface area contributed by atoms with Crippen LogP contribution < -0.4 is 5.32 Å². The lowest BCUT2D eigenvalue weighted by atomic mass is 10.1. The highest BCUT2D eigenvalue weighted by Gasteiger charge is 2.20. The van der Waals surface area contributed by atoms with E-state index < -0.39 is 34.6 Å². The molecule has 0 aliphatic rings. The molecule has 0 bridgehead atoms. The Labute approximate surface area is 114 Å². The number of aromatic carboxylic acids is 1. The molecule has 0 atom stereocenters. The molecule has 0 spiro atoms. The second kappa shape index (κ2) is 7.54. The van der Waals surface area contributed by atoms with E-state index in [9.17, 15) is 18.4 Å². The molecule has 2 N–H and O–H groups in total. The lowest BCUT2D eigenvalue weighted by Crippen LogP contribution is -2.27. The SMILES string of the molecule is COCCCCNC(=O)c1cc(F)c(F)cc1C(=O)O. The van der Waals surface area contributed by atoms with Crippen LogP contribution in [0.25, 0.3) is 0 Å². The summed E-state index contributed by atoms with van der Waals surface area (Å²) in [4.78, 5) is 22.7. The molecule has 0 aromatic heterocycles. The van der Waals surface area contributed by atoms with Crippen LogP contribution in [-0.4, -0.2) is 37.2 Å². The molecule has 0 fully saturated rings. The summed E-state index contributed by atoms with van der Waals surface area (Å²) >= 11 is 0. The van der Waals surface area contributed by atoms with E-state index in [1.807, 2.05) is 0 Å². The summed E-state index contributed by atoms with van der Waals surface area (Å²) in [6.45, 7) is 0.835. The molecule has 5 nitrogen and oxygen atoms in total. The fraction of sp³-hybridized carbons (Fsp3) is 0.385. The Morgan fingerprint density at radius 3 is 2.35 bits per heavy atom. The number of ether oxygens (including phenoxy) is 1. The fourth-order valence-electron chi connectivity index (χ4n) is 1.58. The first-order chi connectivity index (χ1) is 9.47. The van der Waals surface area contributed by atoms with E-state index in [1.54, 1.807) is 7.11 Å². The molecule has 0 aliphatic carbocycles. The number of methoxy groups -OCH3 is 1. The molecule has 1 aromatic carbocycles. The highest BCUT2D eigenvalue weighted by molar-refractivity contribution is 6.04. The van der Waals surface area contributed by atoms with Crippen molar-refractivity contribution in [2.24, 2.45) is 0 Å². The third-order valence-corrected chi connectivity index (χ3v) is 2.60. The number of hydrogen-bond acceptors (Lipinski definition) is 3. The minimum Gasteiger partial charge on any atom is -0.478 e. The molecule has 1 aromatic rings. The Bertz CT molecular complexity index is 505. The topological polar surface area (TPSA) is 75.6 Å². The van der Waals surface area contributed by atoms with E-state index in [2.05, 4.69) is 5.32 Å². The number of halogens is 2. The molecule has 0 unspecified atom stereocenters. The molecule has 0 radical (unpaired) electrons. The van der Waals surface area contributed by atoms with Gasteiger partial charge in [0.05, 0.1) is 11.1 Å². The van der Waals surface area contributed by atoms with Crippen molar-refractivity contribution in [3.8, 4) is 0 Å². The van der Waals surface area contributed by atoms with E-state index in [-0.39, 0.29) is 0 Å². The number of unbranched alkanes of at least 4 members (excludes halogenated alkanes) is 1. The molecule has 0 heterocycles. The molecule has 0 aliphatic heterocycles. The zero-order chi connectivity index (χ0) is 15.1. The number of amides is 1. The van der Waals surface area contributed by atoms with Crippen molar-refractivity contribution in [2.75, 3.05) is 20.3 Å². The maximum Gasteiger partial charge on any atom is 0.336 e. The van der Waals surface area contributed by atoms with Crippen LogP contribution in [0.3, 0.4) is 0 Å². The molecule has 0 saturated heterocycles. The average molecular weight is 287 g/mol. The summed E-state index contributed by atoms with van der Waals surface area (Å²) in [6.07, 6.45) is 1.35. The van der Waals surface area contributed by atoms with Crippen LogP contribution in [0.15, 0.2) is 12.1 Å². The summed E-state index contributed by atoms with van der Waals surface area (Å²) in [5.41, 5.74) is -0.971. The van der Waals surface area contributed by atoms with Gasteiger partial charge in [0.25, 0.3) is 5.91 Å². The predicted molar refractivity (Wildman–Crippen MR) is 66.8 cm³/mol. The predicted octanol–water partition coefficient (Wildman–Crippen LogP) is 1.82. The average Bonchev–Trinajstić information content (AvgIpc) is 2.40. The molecular formula is C13H15F2NO4. The van der Waals surface area contributed by atoms with Crippen LogP contribution in [0.4, 0.5) is 8.78 Å². The summed E-state index contributed by atoms with van der Waals surface area (Å²) in [7, 11) is 1.55. The smallest absolute Gasteiger partial charge is 0.336 e. The van der Waals surface area contributed by atoms with Gasteiger partial charge in [-0.1, -0.05) is 0 Å². The Balaban J connectivity index is 2.76. The van der Waals surface area contributed by atoms with Crippen LogP contribution in [0.2, 0.25) is 0 Å². The van der Waals surface area contributed by atoms with Crippen molar-refractivity contribution in [1.29, 1.82) is 0 Å². The minimum absolute atomic E-state index is 0.292.